The van der Waals surface area contributed by atoms with E-state index in [0.717, 1.165) is 0 Å². The van der Waals surface area contributed by atoms with E-state index < -0.39 is 17.2 Å². The normalized spacial score (nSPS) is 11.9. The maximum Gasteiger partial charge on any atom is 0.291 e. The maximum absolute atomic E-state index is 12.9. The largest absolute Gasteiger partial charge is 0.319 e. The second-order valence-corrected chi connectivity index (χ2v) is 6.94. The molecule has 0 spiro atoms. The number of alkyl halides is 1. The molecule has 2 aromatic carbocycles. The average molecular weight is 423 g/mol. The summed E-state index contributed by atoms with van der Waals surface area (Å²) in [6.45, 7) is 1.70. The molecule has 1 heterocycles. The Labute approximate surface area is 170 Å². The van der Waals surface area contributed by atoms with Gasteiger partial charge in [0.15, 0.2) is 5.50 Å². The van der Waals surface area contributed by atoms with E-state index in [-0.39, 0.29) is 21.4 Å². The van der Waals surface area contributed by atoms with E-state index in [4.69, 9.17) is 34.8 Å². The van der Waals surface area contributed by atoms with Crippen molar-refractivity contribution in [1.29, 1.82) is 0 Å². The molecule has 1 atom stereocenters. The molecule has 138 valence electrons. The molecule has 0 aliphatic heterocycles. The highest BCUT2D eigenvalue weighted by molar-refractivity contribution is 6.43. The number of anilines is 1. The van der Waals surface area contributed by atoms with Crippen molar-refractivity contribution in [3.05, 3.63) is 81.9 Å². The summed E-state index contributed by atoms with van der Waals surface area (Å²) >= 11 is 18.6. The van der Waals surface area contributed by atoms with Gasteiger partial charge in [0.2, 0.25) is 11.6 Å². The molecule has 5 nitrogen and oxygen atoms in total. The molecule has 1 aromatic heterocycles. The molecule has 3 aromatic rings. The number of amides is 1. The minimum Gasteiger partial charge on any atom is -0.319 e. The number of benzene rings is 2. The first-order chi connectivity index (χ1) is 12.9. The molecule has 1 N–H and O–H groups in total. The summed E-state index contributed by atoms with van der Waals surface area (Å²) in [6, 6.07) is 13.6. The van der Waals surface area contributed by atoms with Gasteiger partial charge in [0.05, 0.1) is 15.6 Å². The van der Waals surface area contributed by atoms with Crippen LogP contribution in [0.15, 0.2) is 54.7 Å². The molecule has 1 amide bonds. The van der Waals surface area contributed by atoms with Crippen molar-refractivity contribution in [3.63, 3.8) is 0 Å². The summed E-state index contributed by atoms with van der Waals surface area (Å²) < 4.78 is 1.35. The van der Waals surface area contributed by atoms with Crippen LogP contribution < -0.4 is 5.32 Å². The number of ketones is 1. The number of nitrogens with zero attached hydrogens (tertiary/aromatic N) is 2. The first-order valence-corrected chi connectivity index (χ1v) is 9.12. The summed E-state index contributed by atoms with van der Waals surface area (Å²) in [4.78, 5) is 29.6. The summed E-state index contributed by atoms with van der Waals surface area (Å²) in [5, 5.41) is 3.10. The van der Waals surface area contributed by atoms with Crippen LogP contribution in [0.3, 0.4) is 0 Å². The number of aryl methyl sites for hydroxylation is 1. The molecular formula is C19H14Cl3N3O2. The number of Topliss-reactive ketones (excluding diaryl/α,β-unsaturated/α-hetero) is 1. The van der Waals surface area contributed by atoms with Gasteiger partial charge in [-0.2, -0.15) is 0 Å². The van der Waals surface area contributed by atoms with Crippen LogP contribution in [0.5, 0.6) is 0 Å². The summed E-state index contributed by atoms with van der Waals surface area (Å²) in [6.07, 6.45) is 1.47. The lowest BCUT2D eigenvalue weighted by molar-refractivity contribution is 0.0957. The fourth-order valence-corrected chi connectivity index (χ4v) is 3.52. The zero-order chi connectivity index (χ0) is 19.6. The zero-order valence-corrected chi connectivity index (χ0v) is 16.4. The van der Waals surface area contributed by atoms with Crippen LogP contribution in [0.1, 0.15) is 32.2 Å². The molecule has 0 aliphatic rings. The number of halogens is 3. The van der Waals surface area contributed by atoms with Crippen molar-refractivity contribution in [2.24, 2.45) is 0 Å². The highest BCUT2D eigenvalue weighted by Gasteiger charge is 2.29. The molecule has 0 aliphatic carbocycles. The number of para-hydroxylation sites is 1. The number of aromatic nitrogens is 2. The van der Waals surface area contributed by atoms with Gasteiger partial charge in [0, 0.05) is 17.6 Å². The van der Waals surface area contributed by atoms with Crippen LogP contribution in [0, 0.1) is 6.92 Å². The highest BCUT2D eigenvalue weighted by atomic mass is 35.5. The molecular weight excluding hydrogens is 409 g/mol. The Morgan fingerprint density at radius 1 is 1.04 bits per heavy atom. The Hall–Kier alpha value is -2.34. The van der Waals surface area contributed by atoms with Gasteiger partial charge in [0.25, 0.3) is 5.91 Å². The van der Waals surface area contributed by atoms with Crippen LogP contribution in [-0.2, 0) is 0 Å². The Bertz CT molecular complexity index is 982. The monoisotopic (exact) mass is 421 g/mol. The molecule has 3 rings (SSSR count). The van der Waals surface area contributed by atoms with E-state index in [0.29, 0.717) is 11.4 Å². The van der Waals surface area contributed by atoms with Gasteiger partial charge in [-0.15, -0.1) is 0 Å². The summed E-state index contributed by atoms with van der Waals surface area (Å²) in [7, 11) is 0. The van der Waals surface area contributed by atoms with E-state index in [1.807, 2.05) is 6.07 Å². The number of carbonyl (C=O) groups excluding carboxylic acids is 2. The number of nitrogens with one attached hydrogen (secondary N) is 1. The van der Waals surface area contributed by atoms with E-state index in [2.05, 4.69) is 10.3 Å². The Morgan fingerprint density at radius 3 is 2.30 bits per heavy atom. The van der Waals surface area contributed by atoms with Crippen LogP contribution >= 0.6 is 34.8 Å². The Balaban J connectivity index is 1.94. The van der Waals surface area contributed by atoms with Crippen LogP contribution in [-0.4, -0.2) is 21.2 Å². The summed E-state index contributed by atoms with van der Waals surface area (Å²) in [5.41, 5.74) is 0.0100. The molecule has 0 bridgehead atoms. The van der Waals surface area contributed by atoms with Gasteiger partial charge in [0.1, 0.15) is 0 Å². The predicted octanol–water partition coefficient (Wildman–Crippen LogP) is 5.37. The van der Waals surface area contributed by atoms with Crippen molar-refractivity contribution in [2.75, 3.05) is 5.32 Å². The van der Waals surface area contributed by atoms with Crippen LogP contribution in [0.25, 0.3) is 0 Å². The molecule has 0 fully saturated rings. The van der Waals surface area contributed by atoms with Crippen molar-refractivity contribution < 1.29 is 9.59 Å². The average Bonchev–Trinajstić information content (AvgIpc) is 3.03. The minimum absolute atomic E-state index is 0.00730. The minimum atomic E-state index is -1.23. The molecule has 8 heteroatoms. The van der Waals surface area contributed by atoms with Gasteiger partial charge in [-0.1, -0.05) is 59.1 Å². The van der Waals surface area contributed by atoms with Gasteiger partial charge in [-0.25, -0.2) is 4.98 Å². The van der Waals surface area contributed by atoms with E-state index in [9.17, 15) is 9.59 Å². The standard InChI is InChI=1S/C19H14Cl3N3O2/c1-11-10-23-18(19(27)24-12-6-3-2-4-7-12)25(11)17(22)16(26)15-13(20)8-5-9-14(15)21/h2-10,17H,1H3,(H,24,27). The molecule has 0 saturated heterocycles. The lowest BCUT2D eigenvalue weighted by Gasteiger charge is -2.17. The topological polar surface area (TPSA) is 64.0 Å². The fourth-order valence-electron chi connectivity index (χ4n) is 2.58. The van der Waals surface area contributed by atoms with Crippen LogP contribution in [0.4, 0.5) is 5.69 Å². The molecule has 0 saturated carbocycles. The smallest absolute Gasteiger partial charge is 0.291 e. The second kappa shape index (κ2) is 8.13. The quantitative estimate of drug-likeness (QED) is 0.444. The number of imidazole rings is 1. The van der Waals surface area contributed by atoms with Gasteiger partial charge in [-0.05, 0) is 31.2 Å². The highest BCUT2D eigenvalue weighted by Crippen LogP contribution is 2.31. The Morgan fingerprint density at radius 2 is 1.67 bits per heavy atom. The van der Waals surface area contributed by atoms with Crippen molar-refractivity contribution in [3.8, 4) is 0 Å². The first-order valence-electron chi connectivity index (χ1n) is 7.92. The van der Waals surface area contributed by atoms with Crippen LogP contribution in [0.2, 0.25) is 10.0 Å². The van der Waals surface area contributed by atoms with E-state index in [1.54, 1.807) is 49.4 Å². The predicted molar refractivity (Wildman–Crippen MR) is 107 cm³/mol. The second-order valence-electron chi connectivity index (χ2n) is 5.71. The first kappa shape index (κ1) is 19.4. The maximum atomic E-state index is 12.9. The third-order valence-electron chi connectivity index (χ3n) is 3.87. The summed E-state index contributed by atoms with van der Waals surface area (Å²) in [5.74, 6) is -1.01. The van der Waals surface area contributed by atoms with Crippen molar-refractivity contribution in [2.45, 2.75) is 12.4 Å². The van der Waals surface area contributed by atoms with Gasteiger partial charge < -0.3 is 9.88 Å². The zero-order valence-electron chi connectivity index (χ0n) is 14.1. The number of hydrogen-bond donors (Lipinski definition) is 1. The van der Waals surface area contributed by atoms with Gasteiger partial charge in [-0.3, -0.25) is 9.59 Å². The Kier molecular flexibility index (Phi) is 5.85. The number of carbonyl (C=O) groups is 2. The van der Waals surface area contributed by atoms with Crippen molar-refractivity contribution >= 4 is 52.2 Å². The molecule has 1 unspecified atom stereocenters. The van der Waals surface area contributed by atoms with E-state index >= 15 is 0 Å². The lowest BCUT2D eigenvalue weighted by Crippen LogP contribution is -2.24. The van der Waals surface area contributed by atoms with E-state index in [1.165, 1.54) is 10.8 Å². The lowest BCUT2D eigenvalue weighted by atomic mass is 10.1. The third-order valence-corrected chi connectivity index (χ3v) is 4.89. The number of rotatable bonds is 5. The third kappa shape index (κ3) is 4.00. The fraction of sp³-hybridized carbons (Fsp3) is 0.105. The van der Waals surface area contributed by atoms with Crippen molar-refractivity contribution in [1.82, 2.24) is 9.55 Å². The SMILES string of the molecule is Cc1cnc(C(=O)Nc2ccccc2)n1C(Cl)C(=O)c1c(Cl)cccc1Cl. The number of hydrogen-bond acceptors (Lipinski definition) is 3. The van der Waals surface area contributed by atoms with Gasteiger partial charge >= 0.3 is 0 Å². The molecule has 0 radical (unpaired) electrons. The molecule has 27 heavy (non-hydrogen) atoms.